The number of carboxylic acid groups (broad SMARTS) is 1. The quantitative estimate of drug-likeness (QED) is 0.0169. The van der Waals surface area contributed by atoms with Crippen molar-refractivity contribution in [1.29, 1.82) is 0 Å². The number of rotatable bonds is 35. The summed E-state index contributed by atoms with van der Waals surface area (Å²) in [6.07, 6.45) is 14.3. The second-order valence-corrected chi connectivity index (χ2v) is 19.2. The lowest BCUT2D eigenvalue weighted by Crippen LogP contribution is -2.52. The van der Waals surface area contributed by atoms with Gasteiger partial charge >= 0.3 is 5.97 Å². The number of likely N-dealkylation sites (N-methyl/N-ethyl adjacent to an activating group) is 3. The van der Waals surface area contributed by atoms with Gasteiger partial charge in [-0.2, -0.15) is 12.6 Å². The minimum absolute atomic E-state index is 0.0374. The molecule has 2 atom stereocenters. The number of thiol groups is 1. The molecule has 6 amide bonds. The van der Waals surface area contributed by atoms with Crippen LogP contribution in [0, 0.1) is 0 Å². The molecule has 0 fully saturated rings. The molecular weight excluding hydrogens is 985 g/mol. The van der Waals surface area contributed by atoms with Crippen LogP contribution >= 0.6 is 12.6 Å². The van der Waals surface area contributed by atoms with E-state index in [9.17, 15) is 48.6 Å². The molecule has 0 saturated carbocycles. The number of carbonyl (C=O) groups is 7. The normalized spacial score (nSPS) is 12.0. The minimum Gasteiger partial charge on any atom is -0.508 e. The topological polar surface area (TPSA) is 268 Å². The SMILES string of the molecule is CCCCCCCCCCCCCC(=O)N(C)CC(=O)N(C)[C@@H](CS)C(=O)N(C)CCOCCOCC(=O)N[C@@H](CCCCNC(=O)c1ccc(-c2c3ccc(=O)cc-3oc3cc(O)ccc23)c(C(=O)O)c1)C(N)=O. The smallest absolute Gasteiger partial charge is 0.336 e. The van der Waals surface area contributed by atoms with Crippen molar-refractivity contribution in [2.75, 3.05) is 73.0 Å². The van der Waals surface area contributed by atoms with Gasteiger partial charge in [-0.15, -0.1) is 0 Å². The third kappa shape index (κ3) is 19.6. The van der Waals surface area contributed by atoms with Crippen molar-refractivity contribution >= 4 is 65.0 Å². The van der Waals surface area contributed by atoms with Crippen LogP contribution in [0.1, 0.15) is 124 Å². The first-order valence-corrected chi connectivity index (χ1v) is 26.6. The number of phenolic OH excluding ortho intramolecular Hbond substituents is 1. The molecule has 1 aliphatic carbocycles. The van der Waals surface area contributed by atoms with Crippen molar-refractivity contribution < 1.29 is 57.7 Å². The highest BCUT2D eigenvalue weighted by Gasteiger charge is 2.29. The van der Waals surface area contributed by atoms with E-state index in [-0.39, 0.29) is 115 Å². The van der Waals surface area contributed by atoms with Crippen LogP contribution in [-0.4, -0.2) is 151 Å². The first-order valence-electron chi connectivity index (χ1n) is 25.9. The average molecular weight is 1060 g/mol. The average Bonchev–Trinajstić information content (AvgIpc) is 3.38. The second kappa shape index (κ2) is 32.0. The lowest BCUT2D eigenvalue weighted by Gasteiger charge is -2.31. The summed E-state index contributed by atoms with van der Waals surface area (Å²) in [5.41, 5.74) is 6.52. The van der Waals surface area contributed by atoms with E-state index in [1.165, 1.54) is 122 Å². The molecule has 0 unspecified atom stereocenters. The highest BCUT2D eigenvalue weighted by atomic mass is 32.1. The van der Waals surface area contributed by atoms with Gasteiger partial charge in [-0.3, -0.25) is 33.6 Å². The van der Waals surface area contributed by atoms with Gasteiger partial charge in [0.05, 0.1) is 31.9 Å². The van der Waals surface area contributed by atoms with Crippen LogP contribution in [0.15, 0.2) is 63.8 Å². The minimum atomic E-state index is -1.30. The highest BCUT2D eigenvalue weighted by molar-refractivity contribution is 7.80. The number of carbonyl (C=O) groups excluding carboxylic acids is 6. The molecule has 20 heteroatoms. The van der Waals surface area contributed by atoms with Crippen molar-refractivity contribution in [3.8, 4) is 28.2 Å². The number of hydrogen-bond acceptors (Lipinski definition) is 13. The maximum absolute atomic E-state index is 13.3. The van der Waals surface area contributed by atoms with E-state index in [2.05, 4.69) is 30.2 Å². The number of benzene rings is 3. The Morgan fingerprint density at radius 2 is 1.43 bits per heavy atom. The van der Waals surface area contributed by atoms with Gasteiger partial charge < -0.3 is 55.2 Å². The fourth-order valence-corrected chi connectivity index (χ4v) is 8.95. The maximum atomic E-state index is 13.3. The van der Waals surface area contributed by atoms with E-state index < -0.39 is 35.8 Å². The predicted octanol–water partition coefficient (Wildman–Crippen LogP) is 6.25. The van der Waals surface area contributed by atoms with Crippen molar-refractivity contribution in [3.05, 3.63) is 75.9 Å². The summed E-state index contributed by atoms with van der Waals surface area (Å²) in [7, 11) is 4.71. The lowest BCUT2D eigenvalue weighted by molar-refractivity contribution is -0.145. The van der Waals surface area contributed by atoms with Gasteiger partial charge in [-0.25, -0.2) is 4.79 Å². The van der Waals surface area contributed by atoms with E-state index in [1.54, 1.807) is 20.2 Å². The zero-order valence-electron chi connectivity index (χ0n) is 43.9. The number of primary amides is 1. The molecule has 2 aromatic rings. The van der Waals surface area contributed by atoms with Gasteiger partial charge in [0.1, 0.15) is 35.8 Å². The number of nitrogens with one attached hydrogen (secondary N) is 2. The number of carboxylic acids is 1. The molecule has 0 radical (unpaired) electrons. The van der Waals surface area contributed by atoms with Gasteiger partial charge in [0.15, 0.2) is 5.43 Å². The number of ether oxygens (including phenoxy) is 2. The Morgan fingerprint density at radius 1 is 0.760 bits per heavy atom. The van der Waals surface area contributed by atoms with Gasteiger partial charge in [0.25, 0.3) is 5.91 Å². The van der Waals surface area contributed by atoms with Gasteiger partial charge in [-0.1, -0.05) is 77.2 Å². The number of aromatic hydroxyl groups is 1. The first-order chi connectivity index (χ1) is 36.0. The first kappa shape index (κ1) is 61.0. The molecule has 4 rings (SSSR count). The molecule has 0 saturated heterocycles. The Kier molecular flexibility index (Phi) is 26.1. The van der Waals surface area contributed by atoms with Crippen LogP contribution in [0.3, 0.4) is 0 Å². The number of phenols is 1. The molecule has 2 aromatic carbocycles. The fraction of sp³-hybridized carbons (Fsp3) is 0.527. The Balaban J connectivity index is 1.10. The predicted molar refractivity (Wildman–Crippen MR) is 289 cm³/mol. The van der Waals surface area contributed by atoms with Gasteiger partial charge in [-0.05, 0) is 67.6 Å². The Labute approximate surface area is 444 Å². The number of nitrogens with two attached hydrogens (primary N) is 1. The van der Waals surface area contributed by atoms with Crippen LogP contribution in [-0.2, 0) is 33.4 Å². The molecule has 410 valence electrons. The van der Waals surface area contributed by atoms with E-state index in [0.29, 0.717) is 35.8 Å². The molecule has 0 spiro atoms. The van der Waals surface area contributed by atoms with E-state index in [0.717, 1.165) is 19.3 Å². The maximum Gasteiger partial charge on any atom is 0.336 e. The lowest BCUT2D eigenvalue weighted by atomic mass is 9.90. The molecule has 0 aromatic heterocycles. The van der Waals surface area contributed by atoms with Gasteiger partial charge in [0.2, 0.25) is 29.5 Å². The molecule has 6 N–H and O–H groups in total. The van der Waals surface area contributed by atoms with Crippen LogP contribution < -0.4 is 21.8 Å². The molecule has 0 bridgehead atoms. The number of nitrogens with zero attached hydrogens (tertiary/aromatic N) is 3. The van der Waals surface area contributed by atoms with Crippen molar-refractivity contribution in [2.45, 2.75) is 115 Å². The van der Waals surface area contributed by atoms with E-state index in [1.807, 2.05) is 0 Å². The van der Waals surface area contributed by atoms with Crippen LogP contribution in [0.4, 0.5) is 0 Å². The summed E-state index contributed by atoms with van der Waals surface area (Å²) in [4.78, 5) is 106. The fourth-order valence-electron chi connectivity index (χ4n) is 8.55. The van der Waals surface area contributed by atoms with Crippen molar-refractivity contribution in [2.24, 2.45) is 5.73 Å². The number of fused-ring (bicyclic) bond motifs is 2. The molecule has 1 aliphatic heterocycles. The summed E-state index contributed by atoms with van der Waals surface area (Å²) in [5.74, 6) is -3.80. The number of aromatic carboxylic acids is 1. The van der Waals surface area contributed by atoms with Crippen molar-refractivity contribution in [1.82, 2.24) is 25.3 Å². The molecule has 75 heavy (non-hydrogen) atoms. The Morgan fingerprint density at radius 3 is 2.09 bits per heavy atom. The molecular formula is C55H76N6O13S. The molecule has 1 heterocycles. The second-order valence-electron chi connectivity index (χ2n) is 18.8. The van der Waals surface area contributed by atoms with Crippen LogP contribution in [0.5, 0.6) is 5.75 Å². The van der Waals surface area contributed by atoms with E-state index >= 15 is 0 Å². The monoisotopic (exact) mass is 1060 g/mol. The largest absolute Gasteiger partial charge is 0.508 e. The van der Waals surface area contributed by atoms with Crippen molar-refractivity contribution in [3.63, 3.8) is 0 Å². The third-order valence-corrected chi connectivity index (χ3v) is 13.4. The summed E-state index contributed by atoms with van der Waals surface area (Å²) >= 11 is 4.33. The summed E-state index contributed by atoms with van der Waals surface area (Å²) in [5, 5.41) is 26.1. The molecule has 2 aliphatic rings. The van der Waals surface area contributed by atoms with Crippen LogP contribution in [0.25, 0.3) is 33.4 Å². The van der Waals surface area contributed by atoms with Gasteiger partial charge in [0, 0.05) is 80.6 Å². The molecule has 19 nitrogen and oxygen atoms in total. The summed E-state index contributed by atoms with van der Waals surface area (Å²) in [6, 6.07) is 10.9. The zero-order chi connectivity index (χ0) is 54.9. The Bertz CT molecular complexity index is 2570. The number of hydrogen-bond donors (Lipinski definition) is 6. The summed E-state index contributed by atoms with van der Waals surface area (Å²) < 4.78 is 16.9. The third-order valence-electron chi connectivity index (χ3n) is 13.0. The van der Waals surface area contributed by atoms with E-state index in [4.69, 9.17) is 19.6 Å². The Hall–Kier alpha value is -6.51. The number of unbranched alkanes of at least 4 members (excludes halogenated alkanes) is 11. The number of amides is 6. The summed E-state index contributed by atoms with van der Waals surface area (Å²) in [6.45, 7) is 2.35. The standard InChI is InChI=1S/C55H76N6O13S/c1-5-6-7-8-9-10-11-12-13-14-15-19-49(65)60(3)34-50(66)61(4)45(36-75)54(69)59(2)27-28-72-29-30-73-35-48(64)58-44(52(56)67)18-16-17-26-57-53(68)37-20-23-40(43(31-37)55(70)71)51-41-24-21-38(62)32-46(41)74-47-33-39(63)22-25-42(47)51/h20-25,31-33,44-45,62,75H,5-19,26-30,34-36H2,1-4H3,(H2,56,67)(H,57,68)(H,58,64)(H,70,71)/t44-,45-/m0/s1. The zero-order valence-corrected chi connectivity index (χ0v) is 44.8. The highest BCUT2D eigenvalue weighted by Crippen LogP contribution is 2.42. The van der Waals surface area contributed by atoms with Crippen LogP contribution in [0.2, 0.25) is 0 Å².